The zero-order valence-electron chi connectivity index (χ0n) is 17.6. The van der Waals surface area contributed by atoms with Gasteiger partial charge in [-0.2, -0.15) is 5.10 Å². The summed E-state index contributed by atoms with van der Waals surface area (Å²) in [6, 6.07) is 16.8. The lowest BCUT2D eigenvalue weighted by Crippen LogP contribution is -2.17. The highest BCUT2D eigenvalue weighted by Gasteiger charge is 2.11. The number of ether oxygens (including phenoxy) is 2. The van der Waals surface area contributed by atoms with Gasteiger partial charge in [0.1, 0.15) is 11.6 Å². The van der Waals surface area contributed by atoms with E-state index in [9.17, 15) is 9.18 Å². The summed E-state index contributed by atoms with van der Waals surface area (Å²) in [5.41, 5.74) is 5.92. The van der Waals surface area contributed by atoms with Gasteiger partial charge < -0.3 is 14.5 Å². The molecule has 3 aromatic carbocycles. The van der Waals surface area contributed by atoms with Crippen molar-refractivity contribution in [1.82, 2.24) is 15.4 Å². The number of fused-ring (bicyclic) bond motifs is 1. The molecule has 0 spiro atoms. The van der Waals surface area contributed by atoms with Crippen LogP contribution in [0.3, 0.4) is 0 Å². The SMILES string of the molecule is COc1ccc(Cc2nc3ccc(C(=O)N/N=C\c4cccc(F)c4)cc3[nH]2)cc1OC. The third kappa shape index (κ3) is 4.75. The van der Waals surface area contributed by atoms with E-state index >= 15 is 0 Å². The van der Waals surface area contributed by atoms with Crippen LogP contribution in [0.4, 0.5) is 4.39 Å². The number of nitrogens with zero attached hydrogens (tertiary/aromatic N) is 2. The Bertz CT molecular complexity index is 1300. The standard InChI is InChI=1S/C24H21FN4O3/c1-31-21-9-6-15(11-22(21)32-2)12-23-27-19-8-7-17(13-20(19)28-23)24(30)29-26-14-16-4-3-5-18(25)10-16/h3-11,13-14H,12H2,1-2H3,(H,27,28)(H,29,30)/b26-14-. The third-order valence-electron chi connectivity index (χ3n) is 4.84. The largest absolute Gasteiger partial charge is 0.493 e. The van der Waals surface area contributed by atoms with E-state index in [4.69, 9.17) is 9.47 Å². The first-order chi connectivity index (χ1) is 15.6. The lowest BCUT2D eigenvalue weighted by atomic mass is 10.1. The van der Waals surface area contributed by atoms with E-state index in [1.807, 2.05) is 18.2 Å². The zero-order valence-corrected chi connectivity index (χ0v) is 17.6. The Morgan fingerprint density at radius 3 is 2.72 bits per heavy atom. The topological polar surface area (TPSA) is 88.6 Å². The van der Waals surface area contributed by atoms with Gasteiger partial charge in [0, 0.05) is 12.0 Å². The lowest BCUT2D eigenvalue weighted by Gasteiger charge is -2.08. The van der Waals surface area contributed by atoms with Gasteiger partial charge in [0.05, 0.1) is 31.5 Å². The Labute approximate surface area is 183 Å². The fraction of sp³-hybridized carbons (Fsp3) is 0.125. The minimum Gasteiger partial charge on any atom is -0.493 e. The second kappa shape index (κ2) is 9.30. The number of hydrogen-bond donors (Lipinski definition) is 2. The van der Waals surface area contributed by atoms with Crippen LogP contribution in [0, 0.1) is 5.82 Å². The molecule has 162 valence electrons. The van der Waals surface area contributed by atoms with E-state index in [2.05, 4.69) is 20.5 Å². The second-order valence-corrected chi connectivity index (χ2v) is 7.04. The van der Waals surface area contributed by atoms with Crippen LogP contribution in [0.5, 0.6) is 11.5 Å². The molecule has 0 aliphatic carbocycles. The molecule has 1 amide bonds. The average Bonchev–Trinajstić information content (AvgIpc) is 3.20. The first kappa shape index (κ1) is 21.0. The smallest absolute Gasteiger partial charge is 0.271 e. The maximum atomic E-state index is 13.2. The van der Waals surface area contributed by atoms with E-state index in [0.29, 0.717) is 29.0 Å². The maximum Gasteiger partial charge on any atom is 0.271 e. The summed E-state index contributed by atoms with van der Waals surface area (Å²) in [5, 5.41) is 3.89. The molecule has 2 N–H and O–H groups in total. The molecule has 0 saturated carbocycles. The number of carbonyl (C=O) groups excluding carboxylic acids is 1. The molecule has 4 rings (SSSR count). The van der Waals surface area contributed by atoms with Crippen molar-refractivity contribution in [2.75, 3.05) is 14.2 Å². The Hall–Kier alpha value is -4.20. The molecule has 0 unspecified atom stereocenters. The van der Waals surface area contributed by atoms with Crippen molar-refractivity contribution in [3.63, 3.8) is 0 Å². The molecule has 1 aromatic heterocycles. The lowest BCUT2D eigenvalue weighted by molar-refractivity contribution is 0.0955. The predicted octanol–water partition coefficient (Wildman–Crippen LogP) is 4.07. The molecule has 32 heavy (non-hydrogen) atoms. The molecule has 1 heterocycles. The molecule has 0 fully saturated rings. The number of benzene rings is 3. The van der Waals surface area contributed by atoms with Crippen molar-refractivity contribution in [3.05, 3.63) is 89.0 Å². The number of hydrazone groups is 1. The molecule has 0 aliphatic rings. The molecular weight excluding hydrogens is 411 g/mol. The quantitative estimate of drug-likeness (QED) is 0.340. The average molecular weight is 432 g/mol. The summed E-state index contributed by atoms with van der Waals surface area (Å²) in [6.07, 6.45) is 1.95. The predicted molar refractivity (Wildman–Crippen MR) is 120 cm³/mol. The van der Waals surface area contributed by atoms with Crippen LogP contribution in [-0.2, 0) is 6.42 Å². The number of aromatic amines is 1. The third-order valence-corrected chi connectivity index (χ3v) is 4.84. The van der Waals surface area contributed by atoms with Gasteiger partial charge in [0.2, 0.25) is 0 Å². The minimum absolute atomic E-state index is 0.367. The van der Waals surface area contributed by atoms with Crippen LogP contribution in [-0.4, -0.2) is 36.3 Å². The normalized spacial score (nSPS) is 11.1. The summed E-state index contributed by atoms with van der Waals surface area (Å²) in [4.78, 5) is 20.3. The van der Waals surface area contributed by atoms with Crippen molar-refractivity contribution in [2.24, 2.45) is 5.10 Å². The van der Waals surface area contributed by atoms with Gasteiger partial charge in [-0.25, -0.2) is 14.8 Å². The van der Waals surface area contributed by atoms with Crippen molar-refractivity contribution in [3.8, 4) is 11.5 Å². The van der Waals surface area contributed by atoms with Gasteiger partial charge in [-0.05, 0) is 53.6 Å². The maximum absolute atomic E-state index is 13.2. The second-order valence-electron chi connectivity index (χ2n) is 7.04. The van der Waals surface area contributed by atoms with Gasteiger partial charge in [-0.1, -0.05) is 18.2 Å². The molecule has 0 saturated heterocycles. The minimum atomic E-state index is -0.379. The number of nitrogens with one attached hydrogen (secondary N) is 2. The molecule has 8 heteroatoms. The summed E-state index contributed by atoms with van der Waals surface area (Å²) in [7, 11) is 3.19. The van der Waals surface area contributed by atoms with Crippen LogP contribution in [0.1, 0.15) is 27.3 Å². The van der Waals surface area contributed by atoms with E-state index in [-0.39, 0.29) is 11.7 Å². The summed E-state index contributed by atoms with van der Waals surface area (Å²) in [5.74, 6) is 1.33. The number of rotatable bonds is 7. The molecule has 7 nitrogen and oxygen atoms in total. The highest BCUT2D eigenvalue weighted by molar-refractivity contribution is 5.97. The first-order valence-corrected chi connectivity index (χ1v) is 9.84. The number of amides is 1. The molecule has 4 aromatic rings. The number of H-pyrrole nitrogens is 1. The van der Waals surface area contributed by atoms with Crippen molar-refractivity contribution < 1.29 is 18.7 Å². The highest BCUT2D eigenvalue weighted by atomic mass is 19.1. The number of halogens is 1. The molecule has 0 bridgehead atoms. The fourth-order valence-corrected chi connectivity index (χ4v) is 3.29. The monoisotopic (exact) mass is 432 g/mol. The van der Waals surface area contributed by atoms with Crippen LogP contribution < -0.4 is 14.9 Å². The van der Waals surface area contributed by atoms with E-state index in [1.54, 1.807) is 44.6 Å². The summed E-state index contributed by atoms with van der Waals surface area (Å²) in [6.45, 7) is 0. The van der Waals surface area contributed by atoms with Crippen molar-refractivity contribution in [1.29, 1.82) is 0 Å². The van der Waals surface area contributed by atoms with Gasteiger partial charge in [-0.15, -0.1) is 0 Å². The van der Waals surface area contributed by atoms with Gasteiger partial charge in [-0.3, -0.25) is 4.79 Å². The Morgan fingerprint density at radius 1 is 1.09 bits per heavy atom. The van der Waals surface area contributed by atoms with E-state index < -0.39 is 0 Å². The highest BCUT2D eigenvalue weighted by Crippen LogP contribution is 2.28. The van der Waals surface area contributed by atoms with Gasteiger partial charge >= 0.3 is 0 Å². The van der Waals surface area contributed by atoms with Crippen LogP contribution in [0.25, 0.3) is 11.0 Å². The first-order valence-electron chi connectivity index (χ1n) is 9.84. The van der Waals surface area contributed by atoms with Crippen LogP contribution >= 0.6 is 0 Å². The number of methoxy groups -OCH3 is 2. The van der Waals surface area contributed by atoms with Crippen LogP contribution in [0.2, 0.25) is 0 Å². The van der Waals surface area contributed by atoms with Gasteiger partial charge in [0.25, 0.3) is 5.91 Å². The van der Waals surface area contributed by atoms with Crippen LogP contribution in [0.15, 0.2) is 65.8 Å². The molecular formula is C24H21FN4O3. The molecule has 0 atom stereocenters. The molecule has 0 aliphatic heterocycles. The number of carbonyl (C=O) groups is 1. The Morgan fingerprint density at radius 2 is 1.94 bits per heavy atom. The number of aromatic nitrogens is 2. The van der Waals surface area contributed by atoms with Crippen molar-refractivity contribution >= 4 is 23.2 Å². The number of hydrogen-bond acceptors (Lipinski definition) is 5. The van der Waals surface area contributed by atoms with Gasteiger partial charge in [0.15, 0.2) is 11.5 Å². The Kier molecular flexibility index (Phi) is 6.12. The summed E-state index contributed by atoms with van der Waals surface area (Å²) >= 11 is 0. The van der Waals surface area contributed by atoms with E-state index in [1.165, 1.54) is 18.3 Å². The number of imidazole rings is 1. The zero-order chi connectivity index (χ0) is 22.5. The Balaban J connectivity index is 1.47. The van der Waals surface area contributed by atoms with Crippen molar-refractivity contribution in [2.45, 2.75) is 6.42 Å². The fourth-order valence-electron chi connectivity index (χ4n) is 3.29. The summed E-state index contributed by atoms with van der Waals surface area (Å²) < 4.78 is 23.8. The molecule has 0 radical (unpaired) electrons. The van der Waals surface area contributed by atoms with E-state index in [0.717, 1.165) is 22.4 Å².